The predicted molar refractivity (Wildman–Crippen MR) is 100 cm³/mol. The van der Waals surface area contributed by atoms with Crippen molar-refractivity contribution in [3.8, 4) is 5.69 Å². The van der Waals surface area contributed by atoms with E-state index in [2.05, 4.69) is 9.97 Å². The standard InChI is InChI=1S/C20H23N5O2/c1-23-13-8-22-19(23)18(26)15-5-11-25(12-6-15)20(27)17-14-16(4-7-21-17)24-9-2-3-10-24/h2-4,7-10,13-15,18,26H,5-6,11-12H2,1H3. The van der Waals surface area contributed by atoms with Gasteiger partial charge in [-0.05, 0) is 43.0 Å². The predicted octanol–water partition coefficient (Wildman–Crippen LogP) is 2.19. The molecule has 4 rings (SSSR count). The molecule has 0 aliphatic carbocycles. The van der Waals surface area contributed by atoms with Crippen LogP contribution < -0.4 is 0 Å². The second-order valence-corrected chi connectivity index (χ2v) is 6.96. The van der Waals surface area contributed by atoms with Gasteiger partial charge in [-0.15, -0.1) is 0 Å². The maximum atomic E-state index is 12.9. The minimum atomic E-state index is -0.600. The molecule has 0 radical (unpaired) electrons. The molecule has 1 aliphatic heterocycles. The van der Waals surface area contributed by atoms with E-state index in [4.69, 9.17) is 0 Å². The van der Waals surface area contributed by atoms with E-state index in [-0.39, 0.29) is 11.8 Å². The number of hydrogen-bond acceptors (Lipinski definition) is 4. The van der Waals surface area contributed by atoms with Crippen LogP contribution in [0.4, 0.5) is 0 Å². The smallest absolute Gasteiger partial charge is 0.272 e. The Morgan fingerprint density at radius 1 is 1.15 bits per heavy atom. The van der Waals surface area contributed by atoms with Gasteiger partial charge < -0.3 is 19.1 Å². The van der Waals surface area contributed by atoms with Crippen molar-refractivity contribution in [1.82, 2.24) is 24.0 Å². The third-order valence-electron chi connectivity index (χ3n) is 5.26. The summed E-state index contributed by atoms with van der Waals surface area (Å²) < 4.78 is 3.80. The van der Waals surface area contributed by atoms with Crippen LogP contribution >= 0.6 is 0 Å². The Morgan fingerprint density at radius 3 is 2.56 bits per heavy atom. The van der Waals surface area contributed by atoms with Crippen LogP contribution in [0.2, 0.25) is 0 Å². The molecule has 0 saturated carbocycles. The third-order valence-corrected chi connectivity index (χ3v) is 5.26. The molecule has 3 aromatic rings. The molecule has 1 unspecified atom stereocenters. The lowest BCUT2D eigenvalue weighted by atomic mass is 9.90. The van der Waals surface area contributed by atoms with Crippen LogP contribution in [0.1, 0.15) is 35.3 Å². The quantitative estimate of drug-likeness (QED) is 0.769. The fraction of sp³-hybridized carbons (Fsp3) is 0.350. The minimum absolute atomic E-state index is 0.0612. The molecular formula is C20H23N5O2. The first-order valence-corrected chi connectivity index (χ1v) is 9.17. The molecule has 1 aliphatic rings. The maximum Gasteiger partial charge on any atom is 0.272 e. The first-order chi connectivity index (χ1) is 13.1. The summed E-state index contributed by atoms with van der Waals surface area (Å²) in [6, 6.07) is 7.59. The van der Waals surface area contributed by atoms with Crippen molar-refractivity contribution in [3.05, 3.63) is 66.8 Å². The first-order valence-electron chi connectivity index (χ1n) is 9.17. The van der Waals surface area contributed by atoms with Crippen LogP contribution in [-0.2, 0) is 7.05 Å². The van der Waals surface area contributed by atoms with Crippen molar-refractivity contribution in [2.24, 2.45) is 13.0 Å². The van der Waals surface area contributed by atoms with E-state index in [0.717, 1.165) is 18.5 Å². The van der Waals surface area contributed by atoms with E-state index in [1.807, 2.05) is 63.9 Å². The Morgan fingerprint density at radius 2 is 1.89 bits per heavy atom. The first kappa shape index (κ1) is 17.5. The largest absolute Gasteiger partial charge is 0.385 e. The number of carbonyl (C=O) groups is 1. The molecule has 140 valence electrons. The summed E-state index contributed by atoms with van der Waals surface area (Å²) in [4.78, 5) is 23.2. The summed E-state index contributed by atoms with van der Waals surface area (Å²) in [5, 5.41) is 10.6. The van der Waals surface area contributed by atoms with E-state index in [0.29, 0.717) is 24.6 Å². The topological polar surface area (TPSA) is 76.2 Å². The van der Waals surface area contributed by atoms with Crippen LogP contribution in [0, 0.1) is 5.92 Å². The molecule has 7 heteroatoms. The monoisotopic (exact) mass is 365 g/mol. The van der Waals surface area contributed by atoms with Gasteiger partial charge in [0.05, 0.1) is 0 Å². The zero-order valence-electron chi connectivity index (χ0n) is 15.3. The fourth-order valence-electron chi connectivity index (χ4n) is 3.66. The van der Waals surface area contributed by atoms with Gasteiger partial charge in [-0.1, -0.05) is 0 Å². The lowest BCUT2D eigenvalue weighted by molar-refractivity contribution is 0.0417. The third kappa shape index (κ3) is 3.50. The van der Waals surface area contributed by atoms with E-state index in [1.165, 1.54) is 0 Å². The maximum absolute atomic E-state index is 12.9. The lowest BCUT2D eigenvalue weighted by Crippen LogP contribution is -2.40. The van der Waals surface area contributed by atoms with E-state index in [9.17, 15) is 9.90 Å². The Kier molecular flexibility index (Phi) is 4.77. The number of aliphatic hydroxyl groups excluding tert-OH is 1. The number of carbonyl (C=O) groups excluding carboxylic acids is 1. The highest BCUT2D eigenvalue weighted by molar-refractivity contribution is 5.92. The molecular weight excluding hydrogens is 342 g/mol. The van der Waals surface area contributed by atoms with Gasteiger partial charge in [-0.25, -0.2) is 4.98 Å². The number of pyridine rings is 1. The number of nitrogens with zero attached hydrogens (tertiary/aromatic N) is 5. The highest BCUT2D eigenvalue weighted by Gasteiger charge is 2.30. The summed E-state index contributed by atoms with van der Waals surface area (Å²) in [6.45, 7) is 1.22. The number of aryl methyl sites for hydroxylation is 1. The number of aromatic nitrogens is 4. The molecule has 1 fully saturated rings. The molecule has 7 nitrogen and oxygen atoms in total. The van der Waals surface area contributed by atoms with E-state index < -0.39 is 6.10 Å². The zero-order valence-corrected chi connectivity index (χ0v) is 15.3. The van der Waals surface area contributed by atoms with Gasteiger partial charge in [-0.3, -0.25) is 9.78 Å². The van der Waals surface area contributed by atoms with Crippen molar-refractivity contribution in [1.29, 1.82) is 0 Å². The van der Waals surface area contributed by atoms with Gasteiger partial charge in [0, 0.05) is 56.8 Å². The number of piperidine rings is 1. The van der Waals surface area contributed by atoms with Crippen LogP contribution in [0.15, 0.2) is 55.2 Å². The number of hydrogen-bond donors (Lipinski definition) is 1. The second-order valence-electron chi connectivity index (χ2n) is 6.96. The Labute approximate surface area is 157 Å². The number of amides is 1. The number of imidazole rings is 1. The summed E-state index contributed by atoms with van der Waals surface area (Å²) in [7, 11) is 1.88. The summed E-state index contributed by atoms with van der Waals surface area (Å²) in [5.41, 5.74) is 1.36. The van der Waals surface area contributed by atoms with Crippen molar-refractivity contribution in [3.63, 3.8) is 0 Å². The van der Waals surface area contributed by atoms with Crippen LogP contribution in [-0.4, -0.2) is 48.1 Å². The summed E-state index contributed by atoms with van der Waals surface area (Å²) in [5.74, 6) is 0.726. The van der Waals surface area contributed by atoms with Gasteiger partial charge in [-0.2, -0.15) is 0 Å². The molecule has 0 aromatic carbocycles. The van der Waals surface area contributed by atoms with Gasteiger partial charge >= 0.3 is 0 Å². The van der Waals surface area contributed by atoms with Crippen molar-refractivity contribution in [2.75, 3.05) is 13.1 Å². The molecule has 1 atom stereocenters. The molecule has 4 heterocycles. The number of likely N-dealkylation sites (tertiary alicyclic amines) is 1. The normalized spacial score (nSPS) is 16.4. The summed E-state index contributed by atoms with van der Waals surface area (Å²) >= 11 is 0. The highest BCUT2D eigenvalue weighted by Crippen LogP contribution is 2.30. The lowest BCUT2D eigenvalue weighted by Gasteiger charge is -2.33. The minimum Gasteiger partial charge on any atom is -0.385 e. The second kappa shape index (κ2) is 7.36. The van der Waals surface area contributed by atoms with Crippen LogP contribution in [0.5, 0.6) is 0 Å². The molecule has 1 amide bonds. The number of rotatable bonds is 4. The number of aliphatic hydroxyl groups is 1. The molecule has 3 aromatic heterocycles. The van der Waals surface area contributed by atoms with E-state index >= 15 is 0 Å². The molecule has 1 N–H and O–H groups in total. The van der Waals surface area contributed by atoms with Gasteiger partial charge in [0.15, 0.2) is 0 Å². The van der Waals surface area contributed by atoms with E-state index in [1.54, 1.807) is 12.4 Å². The highest BCUT2D eigenvalue weighted by atomic mass is 16.3. The van der Waals surface area contributed by atoms with Crippen molar-refractivity contribution >= 4 is 5.91 Å². The Balaban J connectivity index is 1.42. The average Bonchev–Trinajstić information content (AvgIpc) is 3.39. The Hall–Kier alpha value is -2.93. The zero-order chi connectivity index (χ0) is 18.8. The van der Waals surface area contributed by atoms with Gasteiger partial charge in [0.2, 0.25) is 0 Å². The van der Waals surface area contributed by atoms with Crippen LogP contribution in [0.25, 0.3) is 5.69 Å². The summed E-state index contributed by atoms with van der Waals surface area (Å²) in [6.07, 6.45) is 9.97. The fourth-order valence-corrected chi connectivity index (χ4v) is 3.66. The van der Waals surface area contributed by atoms with Crippen LogP contribution in [0.3, 0.4) is 0 Å². The molecule has 0 spiro atoms. The van der Waals surface area contributed by atoms with Crippen molar-refractivity contribution < 1.29 is 9.90 Å². The SMILES string of the molecule is Cn1ccnc1C(O)C1CCN(C(=O)c2cc(-n3cccc3)ccn2)CC1. The average molecular weight is 365 g/mol. The van der Waals surface area contributed by atoms with Gasteiger partial charge in [0.1, 0.15) is 17.6 Å². The van der Waals surface area contributed by atoms with Crippen molar-refractivity contribution in [2.45, 2.75) is 18.9 Å². The molecule has 27 heavy (non-hydrogen) atoms. The van der Waals surface area contributed by atoms with Gasteiger partial charge in [0.25, 0.3) is 5.91 Å². The Bertz CT molecular complexity index is 910. The molecule has 1 saturated heterocycles. The molecule has 0 bridgehead atoms.